The van der Waals surface area contributed by atoms with Gasteiger partial charge in [-0.1, -0.05) is 6.07 Å². The van der Waals surface area contributed by atoms with Gasteiger partial charge in [0.15, 0.2) is 11.5 Å². The Bertz CT molecular complexity index is 773. The first kappa shape index (κ1) is 19.7. The van der Waals surface area contributed by atoms with Crippen LogP contribution in [-0.4, -0.2) is 62.9 Å². The van der Waals surface area contributed by atoms with Crippen LogP contribution in [0.5, 0.6) is 11.5 Å². The lowest BCUT2D eigenvalue weighted by atomic mass is 10.0. The molecule has 0 amide bonds. The van der Waals surface area contributed by atoms with Crippen LogP contribution >= 0.6 is 11.3 Å². The van der Waals surface area contributed by atoms with E-state index in [0.29, 0.717) is 12.6 Å². The van der Waals surface area contributed by atoms with Crippen molar-refractivity contribution in [1.82, 2.24) is 9.80 Å². The molecule has 1 atom stereocenters. The van der Waals surface area contributed by atoms with Gasteiger partial charge in [0.2, 0.25) is 0 Å². The molecule has 0 spiro atoms. The van der Waals surface area contributed by atoms with Crippen LogP contribution in [-0.2, 0) is 17.7 Å². The monoisotopic (exact) mass is 402 g/mol. The number of rotatable bonds is 7. The summed E-state index contributed by atoms with van der Waals surface area (Å²) in [5.41, 5.74) is 2.76. The lowest BCUT2D eigenvalue weighted by Crippen LogP contribution is -2.38. The zero-order chi connectivity index (χ0) is 19.3. The van der Waals surface area contributed by atoms with Gasteiger partial charge in [0, 0.05) is 43.6 Å². The molecule has 3 heterocycles. The van der Waals surface area contributed by atoms with Crippen LogP contribution in [0.2, 0.25) is 0 Å². The molecule has 1 fully saturated rings. The van der Waals surface area contributed by atoms with Crippen molar-refractivity contribution < 1.29 is 14.2 Å². The molecule has 2 aliphatic rings. The van der Waals surface area contributed by atoms with Gasteiger partial charge >= 0.3 is 0 Å². The first-order valence-electron chi connectivity index (χ1n) is 10.1. The Labute approximate surface area is 171 Å². The fraction of sp³-hybridized carbons (Fsp3) is 0.545. The third-order valence-electron chi connectivity index (χ3n) is 5.79. The van der Waals surface area contributed by atoms with Crippen molar-refractivity contribution in [3.8, 4) is 11.5 Å². The molecular formula is C22H30N2O3S. The minimum Gasteiger partial charge on any atom is -0.493 e. The largest absolute Gasteiger partial charge is 0.493 e. The van der Waals surface area contributed by atoms with Crippen LogP contribution in [0.25, 0.3) is 0 Å². The Kier molecular flexibility index (Phi) is 6.52. The lowest BCUT2D eigenvalue weighted by Gasteiger charge is -2.33. The van der Waals surface area contributed by atoms with E-state index >= 15 is 0 Å². The standard InChI is InChI=1S/C22H30N2O3S/c1-17-19-6-14-28-22(19)5-7-24(17)16-18-3-4-20(21(15-18)25-2)27-13-10-23-8-11-26-12-9-23/h3-4,6,14-15,17H,5,7-13,16H2,1-2H3/t17-/m0/s1. The number of methoxy groups -OCH3 is 1. The van der Waals surface area contributed by atoms with Crippen molar-refractivity contribution in [2.45, 2.75) is 25.9 Å². The molecular weight excluding hydrogens is 372 g/mol. The van der Waals surface area contributed by atoms with E-state index in [2.05, 4.69) is 46.4 Å². The van der Waals surface area contributed by atoms with Gasteiger partial charge < -0.3 is 14.2 Å². The summed E-state index contributed by atoms with van der Waals surface area (Å²) >= 11 is 1.89. The van der Waals surface area contributed by atoms with E-state index in [0.717, 1.165) is 63.9 Å². The fourth-order valence-electron chi connectivity index (χ4n) is 4.05. The Hall–Kier alpha value is -1.60. The summed E-state index contributed by atoms with van der Waals surface area (Å²) in [6, 6.07) is 9.09. The highest BCUT2D eigenvalue weighted by Crippen LogP contribution is 2.35. The summed E-state index contributed by atoms with van der Waals surface area (Å²) in [6.07, 6.45) is 1.15. The van der Waals surface area contributed by atoms with Crippen LogP contribution in [0.15, 0.2) is 29.6 Å². The molecule has 6 heteroatoms. The van der Waals surface area contributed by atoms with E-state index in [1.165, 1.54) is 11.1 Å². The maximum absolute atomic E-state index is 6.01. The van der Waals surface area contributed by atoms with Crippen molar-refractivity contribution >= 4 is 11.3 Å². The molecule has 0 bridgehead atoms. The molecule has 0 saturated carbocycles. The Morgan fingerprint density at radius 3 is 2.82 bits per heavy atom. The molecule has 152 valence electrons. The summed E-state index contributed by atoms with van der Waals surface area (Å²) in [5, 5.41) is 2.22. The number of thiophene rings is 1. The molecule has 1 aromatic heterocycles. The van der Waals surface area contributed by atoms with Gasteiger partial charge in [0.25, 0.3) is 0 Å². The van der Waals surface area contributed by atoms with Crippen LogP contribution in [0.3, 0.4) is 0 Å². The first-order chi connectivity index (χ1) is 13.7. The van der Waals surface area contributed by atoms with Crippen molar-refractivity contribution in [2.75, 3.05) is 53.1 Å². The van der Waals surface area contributed by atoms with E-state index in [4.69, 9.17) is 14.2 Å². The van der Waals surface area contributed by atoms with Crippen molar-refractivity contribution in [3.05, 3.63) is 45.6 Å². The van der Waals surface area contributed by atoms with E-state index in [1.54, 1.807) is 12.0 Å². The molecule has 28 heavy (non-hydrogen) atoms. The number of hydrogen-bond donors (Lipinski definition) is 0. The maximum atomic E-state index is 6.01. The van der Waals surface area contributed by atoms with Crippen LogP contribution in [0, 0.1) is 0 Å². The normalized spacial score (nSPS) is 20.7. The summed E-state index contributed by atoms with van der Waals surface area (Å²) < 4.78 is 17.0. The second-order valence-electron chi connectivity index (χ2n) is 7.48. The van der Waals surface area contributed by atoms with Gasteiger partial charge in [-0.05, 0) is 48.1 Å². The van der Waals surface area contributed by atoms with Gasteiger partial charge in [-0.25, -0.2) is 0 Å². The molecule has 2 aliphatic heterocycles. The van der Waals surface area contributed by atoms with Gasteiger partial charge in [0.1, 0.15) is 6.61 Å². The Morgan fingerprint density at radius 2 is 2.00 bits per heavy atom. The van der Waals surface area contributed by atoms with Gasteiger partial charge in [-0.2, -0.15) is 0 Å². The summed E-state index contributed by atoms with van der Waals surface area (Å²) in [5.74, 6) is 1.65. The van der Waals surface area contributed by atoms with E-state index < -0.39 is 0 Å². The highest BCUT2D eigenvalue weighted by molar-refractivity contribution is 7.10. The van der Waals surface area contributed by atoms with Crippen LogP contribution in [0.1, 0.15) is 29.0 Å². The predicted octanol–water partition coefficient (Wildman–Crippen LogP) is 3.59. The molecule has 0 aliphatic carbocycles. The average Bonchev–Trinajstić information content (AvgIpc) is 3.21. The molecule has 0 N–H and O–H groups in total. The van der Waals surface area contributed by atoms with E-state index in [9.17, 15) is 0 Å². The van der Waals surface area contributed by atoms with Gasteiger partial charge in [-0.15, -0.1) is 11.3 Å². The van der Waals surface area contributed by atoms with E-state index in [-0.39, 0.29) is 0 Å². The Balaban J connectivity index is 1.35. The number of fused-ring (bicyclic) bond motifs is 1. The number of ether oxygens (including phenoxy) is 3. The second kappa shape index (κ2) is 9.27. The van der Waals surface area contributed by atoms with Crippen molar-refractivity contribution in [3.63, 3.8) is 0 Å². The zero-order valence-corrected chi connectivity index (χ0v) is 17.7. The third kappa shape index (κ3) is 4.51. The number of nitrogens with zero attached hydrogens (tertiary/aromatic N) is 2. The molecule has 1 saturated heterocycles. The lowest BCUT2D eigenvalue weighted by molar-refractivity contribution is 0.0321. The zero-order valence-electron chi connectivity index (χ0n) is 16.9. The van der Waals surface area contributed by atoms with Gasteiger partial charge in [-0.3, -0.25) is 9.80 Å². The highest BCUT2D eigenvalue weighted by atomic mass is 32.1. The van der Waals surface area contributed by atoms with Crippen molar-refractivity contribution in [2.24, 2.45) is 0 Å². The minimum absolute atomic E-state index is 0.463. The predicted molar refractivity (Wildman–Crippen MR) is 113 cm³/mol. The number of hydrogen-bond acceptors (Lipinski definition) is 6. The SMILES string of the molecule is COc1cc(CN2CCc3sccc3[C@@H]2C)ccc1OCCN1CCOCC1. The number of morpholine rings is 1. The third-order valence-corrected chi connectivity index (χ3v) is 6.78. The minimum atomic E-state index is 0.463. The molecule has 0 radical (unpaired) electrons. The topological polar surface area (TPSA) is 34.2 Å². The highest BCUT2D eigenvalue weighted by Gasteiger charge is 2.24. The number of benzene rings is 1. The molecule has 1 aromatic carbocycles. The van der Waals surface area contributed by atoms with Crippen LogP contribution in [0.4, 0.5) is 0 Å². The average molecular weight is 403 g/mol. The molecule has 4 rings (SSSR count). The maximum Gasteiger partial charge on any atom is 0.161 e. The van der Waals surface area contributed by atoms with Crippen LogP contribution < -0.4 is 9.47 Å². The summed E-state index contributed by atoms with van der Waals surface area (Å²) in [7, 11) is 1.72. The molecule has 5 nitrogen and oxygen atoms in total. The summed E-state index contributed by atoms with van der Waals surface area (Å²) in [4.78, 5) is 6.47. The van der Waals surface area contributed by atoms with E-state index in [1.807, 2.05) is 11.3 Å². The summed E-state index contributed by atoms with van der Waals surface area (Å²) in [6.45, 7) is 9.54. The Morgan fingerprint density at radius 1 is 1.14 bits per heavy atom. The molecule has 0 unspecified atom stereocenters. The van der Waals surface area contributed by atoms with Crippen molar-refractivity contribution in [1.29, 1.82) is 0 Å². The second-order valence-corrected chi connectivity index (χ2v) is 8.48. The smallest absolute Gasteiger partial charge is 0.161 e. The quantitative estimate of drug-likeness (QED) is 0.707. The van der Waals surface area contributed by atoms with Gasteiger partial charge in [0.05, 0.1) is 20.3 Å². The fourth-order valence-corrected chi connectivity index (χ4v) is 5.01. The molecule has 2 aromatic rings. The first-order valence-corrected chi connectivity index (χ1v) is 11.0.